The molecular formula is C18H25NO2. The van der Waals surface area contributed by atoms with Crippen molar-refractivity contribution >= 4 is 5.97 Å². The van der Waals surface area contributed by atoms with E-state index in [1.54, 1.807) is 0 Å². The number of carboxylic acids is 1. The highest BCUT2D eigenvalue weighted by atomic mass is 16.4. The van der Waals surface area contributed by atoms with Gasteiger partial charge in [-0.1, -0.05) is 37.3 Å². The van der Waals surface area contributed by atoms with Crippen LogP contribution in [0, 0.1) is 5.92 Å². The molecule has 2 fully saturated rings. The van der Waals surface area contributed by atoms with Gasteiger partial charge in [-0.2, -0.15) is 0 Å². The van der Waals surface area contributed by atoms with Gasteiger partial charge in [0.25, 0.3) is 0 Å². The van der Waals surface area contributed by atoms with Gasteiger partial charge in [-0.15, -0.1) is 0 Å². The Morgan fingerprint density at radius 1 is 1.19 bits per heavy atom. The van der Waals surface area contributed by atoms with Crippen LogP contribution in [0.15, 0.2) is 30.3 Å². The topological polar surface area (TPSA) is 40.5 Å². The molecule has 3 rings (SSSR count). The Bertz CT molecular complexity index is 491. The van der Waals surface area contributed by atoms with Crippen LogP contribution in [0.3, 0.4) is 0 Å². The van der Waals surface area contributed by atoms with Crippen LogP contribution in [0.2, 0.25) is 0 Å². The standard InChI is InChI=1S/C18H25NO2/c1-14-7-8-16(13-14)19-11-9-18(10-12-19,17(20)21)15-5-3-2-4-6-15/h2-6,14,16H,7-13H2,1H3,(H,20,21). The van der Waals surface area contributed by atoms with Gasteiger partial charge in [-0.05, 0) is 56.7 Å². The summed E-state index contributed by atoms with van der Waals surface area (Å²) < 4.78 is 0. The number of nitrogens with zero attached hydrogens (tertiary/aromatic N) is 1. The first kappa shape index (κ1) is 14.6. The lowest BCUT2D eigenvalue weighted by Gasteiger charge is -2.41. The van der Waals surface area contributed by atoms with Gasteiger partial charge in [-0.25, -0.2) is 0 Å². The molecule has 0 spiro atoms. The SMILES string of the molecule is CC1CCC(N2CCC(C(=O)O)(c3ccccc3)CC2)C1. The molecular weight excluding hydrogens is 262 g/mol. The van der Waals surface area contributed by atoms with Crippen molar-refractivity contribution in [1.82, 2.24) is 4.90 Å². The fourth-order valence-electron chi connectivity index (χ4n) is 4.16. The fourth-order valence-corrected chi connectivity index (χ4v) is 4.16. The van der Waals surface area contributed by atoms with Crippen molar-refractivity contribution in [2.75, 3.05) is 13.1 Å². The lowest BCUT2D eigenvalue weighted by Crippen LogP contribution is -2.49. The number of hydrogen-bond acceptors (Lipinski definition) is 2. The van der Waals surface area contributed by atoms with E-state index >= 15 is 0 Å². The molecule has 2 aliphatic rings. The Kier molecular flexibility index (Phi) is 4.03. The number of hydrogen-bond donors (Lipinski definition) is 1. The zero-order valence-corrected chi connectivity index (χ0v) is 12.8. The van der Waals surface area contributed by atoms with E-state index in [1.165, 1.54) is 19.3 Å². The molecule has 0 aromatic heterocycles. The van der Waals surface area contributed by atoms with E-state index in [0.29, 0.717) is 6.04 Å². The van der Waals surface area contributed by atoms with Crippen molar-refractivity contribution in [1.29, 1.82) is 0 Å². The van der Waals surface area contributed by atoms with E-state index in [0.717, 1.165) is 37.4 Å². The molecule has 1 aromatic carbocycles. The molecule has 1 aromatic rings. The highest BCUT2D eigenvalue weighted by Gasteiger charge is 2.44. The van der Waals surface area contributed by atoms with E-state index in [-0.39, 0.29) is 0 Å². The van der Waals surface area contributed by atoms with Crippen molar-refractivity contribution in [2.24, 2.45) is 5.92 Å². The average Bonchev–Trinajstić information content (AvgIpc) is 2.94. The third-order valence-corrected chi connectivity index (χ3v) is 5.57. The zero-order valence-electron chi connectivity index (χ0n) is 12.8. The van der Waals surface area contributed by atoms with E-state index in [1.807, 2.05) is 30.3 Å². The van der Waals surface area contributed by atoms with Crippen LogP contribution < -0.4 is 0 Å². The summed E-state index contributed by atoms with van der Waals surface area (Å²) in [6.07, 6.45) is 5.36. The lowest BCUT2D eigenvalue weighted by molar-refractivity contribution is -0.146. The molecule has 2 atom stereocenters. The lowest BCUT2D eigenvalue weighted by atomic mass is 9.72. The molecule has 1 saturated heterocycles. The summed E-state index contributed by atoms with van der Waals surface area (Å²) in [5.41, 5.74) is 0.291. The summed E-state index contributed by atoms with van der Waals surface area (Å²) >= 11 is 0. The van der Waals surface area contributed by atoms with Crippen molar-refractivity contribution in [2.45, 2.75) is 50.5 Å². The molecule has 1 aliphatic carbocycles. The van der Waals surface area contributed by atoms with Gasteiger partial charge in [-0.3, -0.25) is 4.79 Å². The Labute approximate surface area is 127 Å². The second-order valence-corrected chi connectivity index (χ2v) is 6.86. The van der Waals surface area contributed by atoms with Crippen molar-refractivity contribution in [3.63, 3.8) is 0 Å². The molecule has 1 heterocycles. The van der Waals surface area contributed by atoms with Gasteiger partial charge in [0.2, 0.25) is 0 Å². The Morgan fingerprint density at radius 3 is 2.38 bits per heavy atom. The smallest absolute Gasteiger partial charge is 0.314 e. The van der Waals surface area contributed by atoms with Crippen molar-refractivity contribution in [3.8, 4) is 0 Å². The first-order valence-corrected chi connectivity index (χ1v) is 8.15. The second-order valence-electron chi connectivity index (χ2n) is 6.86. The van der Waals surface area contributed by atoms with Crippen LogP contribution in [-0.4, -0.2) is 35.1 Å². The molecule has 3 heteroatoms. The Hall–Kier alpha value is -1.35. The van der Waals surface area contributed by atoms with Crippen LogP contribution in [-0.2, 0) is 10.2 Å². The highest BCUT2D eigenvalue weighted by molar-refractivity contribution is 5.81. The van der Waals surface area contributed by atoms with Crippen molar-refractivity contribution in [3.05, 3.63) is 35.9 Å². The van der Waals surface area contributed by atoms with Gasteiger partial charge in [0.05, 0.1) is 5.41 Å². The molecule has 0 bridgehead atoms. The first-order valence-electron chi connectivity index (χ1n) is 8.15. The number of benzene rings is 1. The van der Waals surface area contributed by atoms with E-state index < -0.39 is 11.4 Å². The normalized spacial score (nSPS) is 29.4. The molecule has 1 saturated carbocycles. The number of piperidine rings is 1. The number of carbonyl (C=O) groups is 1. The minimum absolute atomic E-state index is 0.659. The molecule has 0 radical (unpaired) electrons. The monoisotopic (exact) mass is 287 g/mol. The molecule has 3 nitrogen and oxygen atoms in total. The van der Waals surface area contributed by atoms with Gasteiger partial charge in [0, 0.05) is 6.04 Å². The molecule has 0 amide bonds. The minimum atomic E-state index is -0.679. The van der Waals surface area contributed by atoms with Gasteiger partial charge in [0.15, 0.2) is 0 Å². The van der Waals surface area contributed by atoms with E-state index in [9.17, 15) is 9.90 Å². The maximum absolute atomic E-state index is 11.9. The van der Waals surface area contributed by atoms with Crippen LogP contribution in [0.25, 0.3) is 0 Å². The predicted octanol–water partition coefficient (Wildman–Crippen LogP) is 3.29. The third kappa shape index (κ3) is 2.71. The number of rotatable bonds is 3. The molecule has 1 N–H and O–H groups in total. The van der Waals surface area contributed by atoms with Gasteiger partial charge < -0.3 is 10.0 Å². The predicted molar refractivity (Wildman–Crippen MR) is 83.4 cm³/mol. The summed E-state index contributed by atoms with van der Waals surface area (Å²) in [6.45, 7) is 4.16. The number of carboxylic acid groups (broad SMARTS) is 1. The number of likely N-dealkylation sites (tertiary alicyclic amines) is 1. The maximum atomic E-state index is 11.9. The Balaban J connectivity index is 1.74. The summed E-state index contributed by atoms with van der Waals surface area (Å²) in [5, 5.41) is 9.82. The number of aliphatic carboxylic acids is 1. The van der Waals surface area contributed by atoms with E-state index in [4.69, 9.17) is 0 Å². The van der Waals surface area contributed by atoms with Gasteiger partial charge >= 0.3 is 5.97 Å². The second kappa shape index (κ2) is 5.80. The average molecular weight is 287 g/mol. The third-order valence-electron chi connectivity index (χ3n) is 5.57. The summed E-state index contributed by atoms with van der Waals surface area (Å²) in [7, 11) is 0. The summed E-state index contributed by atoms with van der Waals surface area (Å²) in [6, 6.07) is 10.5. The molecule has 114 valence electrons. The van der Waals surface area contributed by atoms with Crippen LogP contribution >= 0.6 is 0 Å². The molecule has 21 heavy (non-hydrogen) atoms. The van der Waals surface area contributed by atoms with Crippen LogP contribution in [0.5, 0.6) is 0 Å². The first-order chi connectivity index (χ1) is 10.1. The van der Waals surface area contributed by atoms with Crippen LogP contribution in [0.4, 0.5) is 0 Å². The zero-order chi connectivity index (χ0) is 14.9. The van der Waals surface area contributed by atoms with E-state index in [2.05, 4.69) is 11.8 Å². The van der Waals surface area contributed by atoms with Crippen LogP contribution in [0.1, 0.15) is 44.6 Å². The molecule has 1 aliphatic heterocycles. The fraction of sp³-hybridized carbons (Fsp3) is 0.611. The largest absolute Gasteiger partial charge is 0.481 e. The molecule has 2 unspecified atom stereocenters. The highest BCUT2D eigenvalue weighted by Crippen LogP contribution is 2.38. The van der Waals surface area contributed by atoms with Crippen molar-refractivity contribution < 1.29 is 9.90 Å². The van der Waals surface area contributed by atoms with Gasteiger partial charge in [0.1, 0.15) is 0 Å². The quantitative estimate of drug-likeness (QED) is 0.927. The summed E-state index contributed by atoms with van der Waals surface area (Å²) in [4.78, 5) is 14.5. The maximum Gasteiger partial charge on any atom is 0.314 e. The summed E-state index contributed by atoms with van der Waals surface area (Å²) in [5.74, 6) is 0.170. The Morgan fingerprint density at radius 2 is 1.86 bits per heavy atom. The minimum Gasteiger partial charge on any atom is -0.481 e.